The van der Waals surface area contributed by atoms with Gasteiger partial charge in [-0.1, -0.05) is 36.4 Å². The fourth-order valence-electron chi connectivity index (χ4n) is 3.95. The molecule has 0 fully saturated rings. The fraction of sp³-hybridized carbons (Fsp3) is 0.200. The topological polar surface area (TPSA) is 164 Å². The van der Waals surface area contributed by atoms with Crippen LogP contribution in [0.2, 0.25) is 0 Å². The number of carbonyl (C=O) groups excluding carboxylic acids is 2. The van der Waals surface area contributed by atoms with Crippen LogP contribution in [0.5, 0.6) is 17.2 Å². The van der Waals surface area contributed by atoms with Crippen LogP contribution in [0, 0.1) is 0 Å². The molecule has 4 rings (SSSR count). The first-order chi connectivity index (χ1) is 17.7. The van der Waals surface area contributed by atoms with Gasteiger partial charge < -0.3 is 25.6 Å². The van der Waals surface area contributed by atoms with E-state index in [2.05, 4.69) is 10.2 Å². The Morgan fingerprint density at radius 3 is 2.65 bits per heavy atom. The van der Waals surface area contributed by atoms with Crippen molar-refractivity contribution in [3.8, 4) is 28.6 Å². The first-order valence-electron chi connectivity index (χ1n) is 11.1. The number of para-hydroxylation sites is 1. The van der Waals surface area contributed by atoms with E-state index in [1.165, 1.54) is 36.2 Å². The Hall–Kier alpha value is -4.87. The Balaban J connectivity index is 1.66. The molecular weight excluding hydrogens is 485 g/mol. The fourth-order valence-corrected chi connectivity index (χ4v) is 3.95. The minimum absolute atomic E-state index is 0.0409. The van der Waals surface area contributed by atoms with Gasteiger partial charge in [0.2, 0.25) is 0 Å². The Morgan fingerprint density at radius 2 is 1.92 bits per heavy atom. The number of aromatic amines is 1. The number of amides is 2. The normalized spacial score (nSPS) is 16.5. The molecule has 0 spiro atoms. The second-order valence-corrected chi connectivity index (χ2v) is 8.34. The Morgan fingerprint density at radius 1 is 1.19 bits per heavy atom. The van der Waals surface area contributed by atoms with Crippen molar-refractivity contribution in [2.75, 3.05) is 13.7 Å². The van der Waals surface area contributed by atoms with E-state index < -0.39 is 41.2 Å². The zero-order chi connectivity index (χ0) is 26.7. The first kappa shape index (κ1) is 25.2. The Labute approximate surface area is 209 Å². The number of phenolic OH excluding ortho intramolecular Hbond substituents is 2. The molecule has 192 valence electrons. The van der Waals surface area contributed by atoms with Crippen molar-refractivity contribution in [1.82, 2.24) is 19.7 Å². The van der Waals surface area contributed by atoms with Crippen molar-refractivity contribution < 1.29 is 28.9 Å². The van der Waals surface area contributed by atoms with Gasteiger partial charge in [-0.2, -0.15) is 5.10 Å². The van der Waals surface area contributed by atoms with Crippen LogP contribution in [-0.2, 0) is 11.3 Å². The lowest BCUT2D eigenvalue weighted by molar-refractivity contribution is -0.119. The van der Waals surface area contributed by atoms with Crippen molar-refractivity contribution in [3.05, 3.63) is 82.3 Å². The van der Waals surface area contributed by atoms with Crippen molar-refractivity contribution >= 4 is 11.8 Å². The van der Waals surface area contributed by atoms with E-state index in [1.54, 1.807) is 30.3 Å². The number of H-pyrrole nitrogens is 1. The number of allylic oxidation sites excluding steroid dienone is 4. The molecule has 37 heavy (non-hydrogen) atoms. The van der Waals surface area contributed by atoms with Crippen molar-refractivity contribution in [1.29, 1.82) is 0 Å². The van der Waals surface area contributed by atoms with Crippen LogP contribution in [0.25, 0.3) is 11.4 Å². The van der Waals surface area contributed by atoms with Crippen LogP contribution in [-0.4, -0.2) is 61.5 Å². The molecule has 1 aliphatic carbocycles. The quantitative estimate of drug-likeness (QED) is 0.360. The van der Waals surface area contributed by atoms with Gasteiger partial charge in [0.05, 0.1) is 17.2 Å². The first-order valence-corrected chi connectivity index (χ1v) is 11.1. The number of halogens is 1. The molecule has 2 unspecified atom stereocenters. The Bertz CT molecular complexity index is 1460. The molecule has 11 nitrogen and oxygen atoms in total. The van der Waals surface area contributed by atoms with Crippen molar-refractivity contribution in [2.45, 2.75) is 18.8 Å². The van der Waals surface area contributed by atoms with Gasteiger partial charge >= 0.3 is 5.69 Å². The number of alkyl halides is 1. The van der Waals surface area contributed by atoms with Gasteiger partial charge in [0.15, 0.2) is 12.4 Å². The minimum Gasteiger partial charge on any atom is -0.507 e. The third-order valence-corrected chi connectivity index (χ3v) is 5.73. The van der Waals surface area contributed by atoms with E-state index in [-0.39, 0.29) is 30.1 Å². The number of phenols is 2. The number of rotatable bonds is 8. The summed E-state index contributed by atoms with van der Waals surface area (Å²) < 4.78 is 21.0. The molecule has 12 heteroatoms. The average Bonchev–Trinajstić information content (AvgIpc) is 3.24. The van der Waals surface area contributed by atoms with E-state index in [4.69, 9.17) is 10.5 Å². The average molecular weight is 509 g/mol. The summed E-state index contributed by atoms with van der Waals surface area (Å²) in [4.78, 5) is 38.1. The van der Waals surface area contributed by atoms with Crippen LogP contribution >= 0.6 is 0 Å². The lowest BCUT2D eigenvalue weighted by Gasteiger charge is -2.21. The summed E-state index contributed by atoms with van der Waals surface area (Å²) in [6.07, 6.45) is 4.31. The molecule has 2 aromatic carbocycles. The largest absolute Gasteiger partial charge is 0.507 e. The van der Waals surface area contributed by atoms with Gasteiger partial charge in [-0.15, -0.1) is 0 Å². The lowest BCUT2D eigenvalue weighted by atomic mass is 10.0. The Kier molecular flexibility index (Phi) is 7.09. The molecule has 2 atom stereocenters. The maximum absolute atomic E-state index is 14.6. The SMILES string of the molecule is CN(Cc1ccccc1OCC(N)=O)C(=O)c1cc(-c2n[nH]c(=O)n2C2C=CC=CC2F)c(O)cc1O. The number of aromatic hydroxyl groups is 2. The second kappa shape index (κ2) is 10.4. The maximum Gasteiger partial charge on any atom is 0.344 e. The zero-order valence-electron chi connectivity index (χ0n) is 19.7. The third kappa shape index (κ3) is 5.22. The lowest BCUT2D eigenvalue weighted by Crippen LogP contribution is -2.28. The molecule has 0 aliphatic heterocycles. The number of nitrogens with one attached hydrogen (secondary N) is 1. The number of carbonyl (C=O) groups is 2. The van der Waals surface area contributed by atoms with Crippen LogP contribution in [0.3, 0.4) is 0 Å². The van der Waals surface area contributed by atoms with E-state index in [9.17, 15) is 29.0 Å². The molecule has 1 aliphatic rings. The number of ether oxygens (including phenoxy) is 1. The maximum atomic E-state index is 14.6. The van der Waals surface area contributed by atoms with Gasteiger partial charge in [-0.05, 0) is 18.2 Å². The summed E-state index contributed by atoms with van der Waals surface area (Å²) in [5.74, 6) is -2.02. The highest BCUT2D eigenvalue weighted by molar-refractivity contribution is 5.98. The van der Waals surface area contributed by atoms with E-state index in [0.717, 1.165) is 10.6 Å². The van der Waals surface area contributed by atoms with E-state index >= 15 is 0 Å². The van der Waals surface area contributed by atoms with Gasteiger partial charge in [0.1, 0.15) is 23.4 Å². The predicted octanol–water partition coefficient (Wildman–Crippen LogP) is 1.79. The zero-order valence-corrected chi connectivity index (χ0v) is 19.7. The molecular formula is C25H24FN5O6. The number of aromatic nitrogens is 3. The number of nitrogens with two attached hydrogens (primary N) is 1. The molecule has 0 saturated heterocycles. The molecule has 3 aromatic rings. The molecule has 0 bridgehead atoms. The summed E-state index contributed by atoms with van der Waals surface area (Å²) in [5.41, 5.74) is 4.75. The van der Waals surface area contributed by atoms with Gasteiger partial charge in [0.25, 0.3) is 11.8 Å². The molecule has 1 heterocycles. The highest BCUT2D eigenvalue weighted by atomic mass is 19.1. The predicted molar refractivity (Wildman–Crippen MR) is 131 cm³/mol. The van der Waals surface area contributed by atoms with Crippen LogP contribution < -0.4 is 16.2 Å². The summed E-state index contributed by atoms with van der Waals surface area (Å²) in [5, 5.41) is 27.1. The third-order valence-electron chi connectivity index (χ3n) is 5.73. The number of hydrogen-bond acceptors (Lipinski definition) is 7. The van der Waals surface area contributed by atoms with Gasteiger partial charge in [-0.25, -0.2) is 14.3 Å². The minimum atomic E-state index is -1.53. The van der Waals surface area contributed by atoms with Gasteiger partial charge in [0, 0.05) is 25.2 Å². The standard InChI is InChI=1S/C25H24FN5O6/c1-30(12-14-6-2-5-9-21(14)37-13-22(27)34)24(35)16-10-15(19(32)11-20(16)33)23-28-29-25(36)31(23)18-8-4-3-7-17(18)26/h2-11,17-18,32-33H,12-13H2,1H3,(H2,27,34)(H,29,36). The van der Waals surface area contributed by atoms with Crippen molar-refractivity contribution in [2.24, 2.45) is 5.73 Å². The summed E-state index contributed by atoms with van der Waals surface area (Å²) in [7, 11) is 1.48. The number of hydrogen-bond donors (Lipinski definition) is 4. The molecule has 0 saturated carbocycles. The number of primary amides is 1. The smallest absolute Gasteiger partial charge is 0.344 e. The second-order valence-electron chi connectivity index (χ2n) is 8.34. The van der Waals surface area contributed by atoms with Crippen LogP contribution in [0.4, 0.5) is 4.39 Å². The van der Waals surface area contributed by atoms with Crippen LogP contribution in [0.1, 0.15) is 22.0 Å². The highest BCUT2D eigenvalue weighted by Crippen LogP contribution is 2.36. The summed E-state index contributed by atoms with van der Waals surface area (Å²) in [6, 6.07) is 7.85. The van der Waals surface area contributed by atoms with Gasteiger partial charge in [-0.3, -0.25) is 14.2 Å². The monoisotopic (exact) mass is 509 g/mol. The van der Waals surface area contributed by atoms with Crippen LogP contribution in [0.15, 0.2) is 65.5 Å². The van der Waals surface area contributed by atoms with Crippen molar-refractivity contribution in [3.63, 3.8) is 0 Å². The van der Waals surface area contributed by atoms with E-state index in [1.807, 2.05) is 0 Å². The number of nitrogens with zero attached hydrogens (tertiary/aromatic N) is 3. The molecule has 1 aromatic heterocycles. The number of benzene rings is 2. The molecule has 0 radical (unpaired) electrons. The summed E-state index contributed by atoms with van der Waals surface area (Å²) >= 11 is 0. The molecule has 5 N–H and O–H groups in total. The van der Waals surface area contributed by atoms with E-state index in [0.29, 0.717) is 11.3 Å². The molecule has 2 amide bonds. The summed E-state index contributed by atoms with van der Waals surface area (Å²) in [6.45, 7) is -0.298. The highest BCUT2D eigenvalue weighted by Gasteiger charge is 2.28.